The number of aryl methyl sites for hydroxylation is 1. The van der Waals surface area contributed by atoms with E-state index in [0.29, 0.717) is 11.3 Å². The highest BCUT2D eigenvalue weighted by atomic mass is 16.5. The van der Waals surface area contributed by atoms with E-state index >= 15 is 0 Å². The summed E-state index contributed by atoms with van der Waals surface area (Å²) in [7, 11) is 1.25. The van der Waals surface area contributed by atoms with Crippen LogP contribution in [0.1, 0.15) is 36.2 Å². The molecule has 146 valence electrons. The van der Waals surface area contributed by atoms with Crippen molar-refractivity contribution in [2.75, 3.05) is 7.11 Å². The molecule has 0 aliphatic heterocycles. The van der Waals surface area contributed by atoms with Crippen molar-refractivity contribution in [1.29, 1.82) is 5.26 Å². The molecule has 0 spiro atoms. The molecule has 1 rings (SSSR count). The molecule has 0 saturated heterocycles. The van der Waals surface area contributed by atoms with Crippen molar-refractivity contribution in [2.24, 2.45) is 5.41 Å². The largest absolute Gasteiger partial charge is 0.466 e. The summed E-state index contributed by atoms with van der Waals surface area (Å²) in [6.45, 7) is 8.98. The minimum Gasteiger partial charge on any atom is -0.466 e. The molecule has 0 saturated carbocycles. The predicted octanol–water partition coefficient (Wildman–Crippen LogP) is 4.85. The average Bonchev–Trinajstić information content (AvgIpc) is 2.71. The van der Waals surface area contributed by atoms with Crippen molar-refractivity contribution < 1.29 is 19.1 Å². The average molecular weight is 379 g/mol. The van der Waals surface area contributed by atoms with Crippen molar-refractivity contribution in [1.82, 2.24) is 0 Å². The van der Waals surface area contributed by atoms with E-state index in [4.69, 9.17) is 9.47 Å². The molecule has 1 aromatic carbocycles. The Morgan fingerprint density at radius 2 is 2.07 bits per heavy atom. The Bertz CT molecular complexity index is 871. The Labute approximate surface area is 166 Å². The number of carbonyl (C=O) groups excluding carboxylic acids is 2. The molecule has 0 aliphatic rings. The predicted molar refractivity (Wildman–Crippen MR) is 109 cm³/mol. The van der Waals surface area contributed by atoms with Gasteiger partial charge in [-0.05, 0) is 50.1 Å². The van der Waals surface area contributed by atoms with Crippen LogP contribution < -0.4 is 4.74 Å². The normalized spacial score (nSPS) is 14.1. The van der Waals surface area contributed by atoms with Gasteiger partial charge >= 0.3 is 5.97 Å². The van der Waals surface area contributed by atoms with Gasteiger partial charge in [0.25, 0.3) is 0 Å². The van der Waals surface area contributed by atoms with Crippen molar-refractivity contribution in [3.8, 4) is 11.8 Å². The van der Waals surface area contributed by atoms with E-state index in [1.807, 2.05) is 13.0 Å². The van der Waals surface area contributed by atoms with E-state index in [0.717, 1.165) is 18.3 Å². The first-order valence-electron chi connectivity index (χ1n) is 8.81. The fourth-order valence-electron chi connectivity index (χ4n) is 2.49. The highest BCUT2D eigenvalue weighted by Crippen LogP contribution is 2.38. The van der Waals surface area contributed by atoms with Crippen LogP contribution in [0.25, 0.3) is 0 Å². The summed E-state index contributed by atoms with van der Waals surface area (Å²) in [5.74, 6) is 0.0807. The number of aldehydes is 1. The number of hydrogen-bond acceptors (Lipinski definition) is 5. The van der Waals surface area contributed by atoms with E-state index in [9.17, 15) is 14.9 Å². The van der Waals surface area contributed by atoms with E-state index in [-0.39, 0.29) is 11.3 Å². The number of rotatable bonds is 9. The van der Waals surface area contributed by atoms with E-state index in [1.54, 1.807) is 44.2 Å². The molecule has 0 heterocycles. The summed E-state index contributed by atoms with van der Waals surface area (Å²) >= 11 is 0. The molecule has 0 N–H and O–H groups in total. The van der Waals surface area contributed by atoms with E-state index < -0.39 is 11.4 Å². The Kier molecular flexibility index (Phi) is 8.64. The van der Waals surface area contributed by atoms with Crippen molar-refractivity contribution in [3.63, 3.8) is 0 Å². The highest BCUT2D eigenvalue weighted by molar-refractivity contribution is 5.92. The number of carbonyl (C=O) groups is 2. The molecule has 1 atom stereocenters. The lowest BCUT2D eigenvalue weighted by atomic mass is 9.80. The third kappa shape index (κ3) is 5.31. The van der Waals surface area contributed by atoms with Crippen LogP contribution in [-0.2, 0) is 9.53 Å². The number of hydrogen-bond donors (Lipinski definition) is 0. The maximum absolute atomic E-state index is 12.3. The van der Waals surface area contributed by atoms with Crippen LogP contribution in [0.2, 0.25) is 0 Å². The standard InChI is InChI=1S/C23H25NO4/c1-6-8-9-11-21(28-20-13-12-18(15-25)14-17(20)3)23(4,16-24)19(10-7-2)22(26)27-5/h7-15H,2,6H2,1,3-5H3/b9-8-,19-10-,21-11-. The van der Waals surface area contributed by atoms with Crippen LogP contribution in [0, 0.1) is 23.7 Å². The topological polar surface area (TPSA) is 76.4 Å². The van der Waals surface area contributed by atoms with E-state index in [2.05, 4.69) is 12.6 Å². The van der Waals surface area contributed by atoms with Gasteiger partial charge in [-0.15, -0.1) is 0 Å². The third-order valence-corrected chi connectivity index (χ3v) is 4.12. The summed E-state index contributed by atoms with van der Waals surface area (Å²) in [6, 6.07) is 7.13. The van der Waals surface area contributed by atoms with Crippen molar-refractivity contribution >= 4 is 12.3 Å². The van der Waals surface area contributed by atoms with Crippen LogP contribution in [0.5, 0.6) is 5.75 Å². The lowest BCUT2D eigenvalue weighted by Crippen LogP contribution is -2.29. The first kappa shape index (κ1) is 22.7. The summed E-state index contributed by atoms with van der Waals surface area (Å²) in [5, 5.41) is 9.96. The fraction of sp³-hybridized carbons (Fsp3) is 0.261. The van der Waals surface area contributed by atoms with Crippen LogP contribution in [0.3, 0.4) is 0 Å². The number of nitriles is 1. The van der Waals surface area contributed by atoms with Gasteiger partial charge in [-0.1, -0.05) is 37.8 Å². The zero-order valence-corrected chi connectivity index (χ0v) is 16.7. The van der Waals surface area contributed by atoms with Gasteiger partial charge in [-0.2, -0.15) is 5.26 Å². The first-order valence-corrected chi connectivity index (χ1v) is 8.81. The molecule has 0 aromatic heterocycles. The summed E-state index contributed by atoms with van der Waals surface area (Å²) < 4.78 is 10.9. The molecule has 28 heavy (non-hydrogen) atoms. The quantitative estimate of drug-likeness (QED) is 0.201. The van der Waals surface area contributed by atoms with Crippen LogP contribution in [0.4, 0.5) is 0 Å². The molecule has 1 unspecified atom stereocenters. The minimum absolute atomic E-state index is 0.103. The van der Waals surface area contributed by atoms with Crippen molar-refractivity contribution in [3.05, 3.63) is 77.6 Å². The molecule has 0 radical (unpaired) electrons. The van der Waals surface area contributed by atoms with Gasteiger partial charge in [0.15, 0.2) is 0 Å². The van der Waals surface area contributed by atoms with Gasteiger partial charge in [0, 0.05) is 5.56 Å². The molecule has 0 aliphatic carbocycles. The lowest BCUT2D eigenvalue weighted by Gasteiger charge is -2.27. The van der Waals surface area contributed by atoms with Gasteiger partial charge in [0.05, 0.1) is 18.8 Å². The summed E-state index contributed by atoms with van der Waals surface area (Å²) in [5.41, 5.74) is -0.0747. The number of ether oxygens (including phenoxy) is 2. The fourth-order valence-corrected chi connectivity index (χ4v) is 2.49. The maximum Gasteiger partial charge on any atom is 0.335 e. The molecule has 5 nitrogen and oxygen atoms in total. The van der Waals surface area contributed by atoms with Gasteiger partial charge < -0.3 is 9.47 Å². The number of benzene rings is 1. The molecule has 0 bridgehead atoms. The second-order valence-corrected chi connectivity index (χ2v) is 6.16. The minimum atomic E-state index is -1.42. The zero-order chi connectivity index (χ0) is 21.2. The Morgan fingerprint density at radius 1 is 1.36 bits per heavy atom. The van der Waals surface area contributed by atoms with Crippen LogP contribution in [-0.4, -0.2) is 19.4 Å². The first-order chi connectivity index (χ1) is 13.4. The number of nitrogens with zero attached hydrogens (tertiary/aromatic N) is 1. The highest BCUT2D eigenvalue weighted by Gasteiger charge is 2.40. The SMILES string of the molecule is C=C/C=C(/C(=O)OC)C(C)(C#N)/C(=C/C=C\CC)Oc1ccc(C=O)cc1C. The Hall–Kier alpha value is -3.39. The Morgan fingerprint density at radius 3 is 2.57 bits per heavy atom. The van der Waals surface area contributed by atoms with Gasteiger partial charge in [0.2, 0.25) is 0 Å². The molecule has 1 aromatic rings. The maximum atomic E-state index is 12.3. The van der Waals surface area contributed by atoms with Gasteiger partial charge in [-0.25, -0.2) is 4.79 Å². The van der Waals surface area contributed by atoms with Gasteiger partial charge in [-0.3, -0.25) is 4.79 Å². The smallest absolute Gasteiger partial charge is 0.335 e. The lowest BCUT2D eigenvalue weighted by molar-refractivity contribution is -0.137. The van der Waals surface area contributed by atoms with Gasteiger partial charge in [0.1, 0.15) is 23.2 Å². The summed E-state index contributed by atoms with van der Waals surface area (Å²) in [6.07, 6.45) is 9.73. The van der Waals surface area contributed by atoms with Crippen molar-refractivity contribution in [2.45, 2.75) is 27.2 Å². The molecular weight excluding hydrogens is 354 g/mol. The van der Waals surface area contributed by atoms with E-state index in [1.165, 1.54) is 19.3 Å². The molecular formula is C23H25NO4. The number of methoxy groups -OCH3 is 1. The second kappa shape index (κ2) is 10.7. The Balaban J connectivity index is 3.56. The monoisotopic (exact) mass is 379 g/mol. The number of esters is 1. The second-order valence-electron chi connectivity index (χ2n) is 6.16. The third-order valence-electron chi connectivity index (χ3n) is 4.12. The number of allylic oxidation sites excluding steroid dienone is 6. The van der Waals surface area contributed by atoms with Crippen LogP contribution in [0.15, 0.2) is 66.5 Å². The zero-order valence-electron chi connectivity index (χ0n) is 16.7. The summed E-state index contributed by atoms with van der Waals surface area (Å²) in [4.78, 5) is 23.3. The molecule has 0 amide bonds. The molecule has 0 fully saturated rings. The van der Waals surface area contributed by atoms with Crippen LogP contribution >= 0.6 is 0 Å². The molecule has 5 heteroatoms.